The van der Waals surface area contributed by atoms with Crippen molar-refractivity contribution in [3.05, 3.63) is 245 Å². The lowest BCUT2D eigenvalue weighted by atomic mass is 10.0. The van der Waals surface area contributed by atoms with Gasteiger partial charge in [0, 0.05) is 149 Å². The Hall–Kier alpha value is -11.5. The molecule has 8 atom stereocenters. The van der Waals surface area contributed by atoms with Crippen LogP contribution in [-0.2, 0) is 7.05 Å². The molecule has 518 valence electrons. The zero-order valence-corrected chi connectivity index (χ0v) is 58.6. The molecule has 4 saturated carbocycles. The third-order valence-electron chi connectivity index (χ3n) is 22.6. The second-order valence-electron chi connectivity index (χ2n) is 29.2. The van der Waals surface area contributed by atoms with Gasteiger partial charge in [0.25, 0.3) is 0 Å². The molecule has 8 aliphatic rings. The van der Waals surface area contributed by atoms with E-state index in [0.717, 1.165) is 126 Å². The fraction of sp³-hybridized carbons (Fsp3) is 0.298. The molecule has 8 unspecified atom stereocenters. The number of carboxylic acid groups (broad SMARTS) is 1. The van der Waals surface area contributed by atoms with Crippen molar-refractivity contribution < 1.29 is 14.3 Å². The van der Waals surface area contributed by atoms with Crippen molar-refractivity contribution in [2.45, 2.75) is 153 Å². The molecule has 4 aliphatic carbocycles. The number of hydrogen-bond acceptors (Lipinski definition) is 13. The maximum Gasteiger partial charge on any atom is 0.335 e. The summed E-state index contributed by atoms with van der Waals surface area (Å²) in [5, 5.41) is 9.18. The minimum atomic E-state index is -0.932. The van der Waals surface area contributed by atoms with Gasteiger partial charge in [0.1, 0.15) is 46.1 Å². The van der Waals surface area contributed by atoms with Crippen LogP contribution in [0.5, 0.6) is 0 Å². The second kappa shape index (κ2) is 26.1. The number of hydrogen-bond donors (Lipinski definition) is 1. The first kappa shape index (κ1) is 64.6. The lowest BCUT2D eigenvalue weighted by molar-refractivity contribution is 0.0696. The van der Waals surface area contributed by atoms with Crippen LogP contribution in [-0.4, -0.2) is 88.7 Å². The summed E-state index contributed by atoms with van der Waals surface area (Å²) < 4.78 is 25.0. The van der Waals surface area contributed by atoms with Crippen molar-refractivity contribution in [1.29, 1.82) is 0 Å². The lowest BCUT2D eigenvalue weighted by Gasteiger charge is -2.17. The number of pyridine rings is 8. The number of aromatic carboxylic acids is 1. The Morgan fingerprint density at radius 2 is 0.760 bits per heavy atom. The van der Waals surface area contributed by atoms with E-state index in [1.54, 1.807) is 41.9 Å². The minimum Gasteiger partial charge on any atom is -0.478 e. The summed E-state index contributed by atoms with van der Waals surface area (Å²) in [5.74, 6) is 5.61. The fourth-order valence-corrected chi connectivity index (χ4v) is 18.0. The monoisotopic (exact) mass is 1380 g/mol. The molecule has 4 aliphatic heterocycles. The van der Waals surface area contributed by atoms with Gasteiger partial charge in [-0.3, -0.25) is 34.7 Å². The molecule has 21 rings (SSSR count). The molecular formula is C84H77FN16O3. The van der Waals surface area contributed by atoms with Crippen LogP contribution in [0.4, 0.5) is 4.39 Å². The van der Waals surface area contributed by atoms with Crippen molar-refractivity contribution in [3.8, 4) is 102 Å². The number of aromatic nitrogens is 16. The summed E-state index contributed by atoms with van der Waals surface area (Å²) in [4.78, 5) is 74.4. The summed E-state index contributed by atoms with van der Waals surface area (Å²) in [6, 6.07) is 48.3. The topological polar surface area (TPSA) is 221 Å². The summed E-state index contributed by atoms with van der Waals surface area (Å²) in [6.07, 6.45) is 23.5. The van der Waals surface area contributed by atoms with Gasteiger partial charge in [0.15, 0.2) is 0 Å². The van der Waals surface area contributed by atoms with Crippen molar-refractivity contribution in [2.75, 3.05) is 0 Å². The molecule has 16 heterocycles. The maximum atomic E-state index is 13.7. The highest BCUT2D eigenvalue weighted by atomic mass is 19.1. The van der Waals surface area contributed by atoms with Crippen LogP contribution < -0.4 is 5.56 Å². The average molecular weight is 1380 g/mol. The molecule has 12 aromatic heterocycles. The van der Waals surface area contributed by atoms with Crippen LogP contribution in [0.25, 0.3) is 102 Å². The van der Waals surface area contributed by atoms with Crippen LogP contribution in [0.1, 0.15) is 181 Å². The van der Waals surface area contributed by atoms with Gasteiger partial charge >= 0.3 is 5.97 Å². The Morgan fingerprint density at radius 3 is 1.14 bits per heavy atom. The van der Waals surface area contributed by atoms with E-state index in [1.165, 1.54) is 112 Å². The average Bonchev–Trinajstić information content (AvgIpc) is 1.59. The zero-order chi connectivity index (χ0) is 70.6. The van der Waals surface area contributed by atoms with Crippen molar-refractivity contribution in [2.24, 2.45) is 7.05 Å². The number of aryl methyl sites for hydroxylation is 5. The smallest absolute Gasteiger partial charge is 0.335 e. The highest BCUT2D eigenvalue weighted by molar-refractivity contribution is 5.89. The van der Waals surface area contributed by atoms with Crippen LogP contribution in [0.2, 0.25) is 0 Å². The Morgan fingerprint density at radius 1 is 0.394 bits per heavy atom. The molecule has 13 aromatic rings. The number of nitrogens with zero attached hydrogens (tertiary/aromatic N) is 16. The summed E-state index contributed by atoms with van der Waals surface area (Å²) >= 11 is 0. The molecule has 104 heavy (non-hydrogen) atoms. The van der Waals surface area contributed by atoms with Crippen molar-refractivity contribution in [3.63, 3.8) is 0 Å². The summed E-state index contributed by atoms with van der Waals surface area (Å²) in [5.41, 5.74) is 21.8. The third-order valence-corrected chi connectivity index (χ3v) is 22.6. The zero-order valence-electron chi connectivity index (χ0n) is 58.6. The second-order valence-corrected chi connectivity index (χ2v) is 29.2. The fourth-order valence-electron chi connectivity index (χ4n) is 18.0. The minimum absolute atomic E-state index is 0.00154. The van der Waals surface area contributed by atoms with Gasteiger partial charge in [-0.1, -0.05) is 36.4 Å². The highest BCUT2D eigenvalue weighted by Gasteiger charge is 2.45. The normalized spacial score (nSPS) is 20.4. The predicted molar refractivity (Wildman–Crippen MR) is 396 cm³/mol. The quantitative estimate of drug-likeness (QED) is 0.126. The van der Waals surface area contributed by atoms with Gasteiger partial charge in [-0.15, -0.1) is 0 Å². The first-order valence-electron chi connectivity index (χ1n) is 36.5. The maximum absolute atomic E-state index is 13.7. The molecule has 0 spiro atoms. The van der Waals surface area contributed by atoms with Gasteiger partial charge in [-0.05, 0) is 202 Å². The number of carboxylic acids is 1. The van der Waals surface area contributed by atoms with E-state index in [0.29, 0.717) is 47.8 Å². The van der Waals surface area contributed by atoms with E-state index in [9.17, 15) is 19.1 Å². The van der Waals surface area contributed by atoms with Crippen molar-refractivity contribution in [1.82, 2.24) is 77.7 Å². The number of fused-ring (bicyclic) bond motifs is 20. The summed E-state index contributed by atoms with van der Waals surface area (Å²) in [7, 11) is 1.80. The van der Waals surface area contributed by atoms with Crippen molar-refractivity contribution >= 4 is 5.97 Å². The molecule has 8 bridgehead atoms. The van der Waals surface area contributed by atoms with Gasteiger partial charge in [-0.25, -0.2) is 29.7 Å². The first-order valence-corrected chi connectivity index (χ1v) is 36.5. The number of carbonyl (C=O) groups is 1. The largest absolute Gasteiger partial charge is 0.478 e. The van der Waals surface area contributed by atoms with E-state index in [2.05, 4.69) is 68.5 Å². The number of rotatable bonds is 10. The van der Waals surface area contributed by atoms with Gasteiger partial charge in [0.05, 0.1) is 56.8 Å². The molecule has 4 fully saturated rings. The summed E-state index contributed by atoms with van der Waals surface area (Å²) in [6.45, 7) is 8.01. The Labute approximate surface area is 600 Å². The molecule has 0 amide bonds. The standard InChI is InChI=1S/C26H22N4O2.C20H20N4O.C19H17FN4.C19H18N4/c1-15-3-2-4-21(28-15)23-24(30-20-10-9-19(13-20)25(30)29-23)18-11-12-27-22(14-18)16-5-7-17(8-6-16)26(31)32;1-12-4-3-5-16(21-12)18-19(14-7-9-17(25)23(2)11-14)24-15-8-6-13(10-15)20(24)22-18;1-11-3-2-4-15(22-11)17-18(12-7-8-21-16(20)10-12)24-14-6-5-13(9-14)19(24)23-17;1-12-3-2-4-16(21-12)17-18(13-7-9-20-10-8-13)23-15-6-5-14(11-15)19(23)22-17/h2-8,11-12,14,19-20H,9-10,13H2,1H3,(H,31,32);3-5,7,9,11,13,15H,6,8,10H2,1-2H3;2-4,7-8,10,13-14H,5-6,9H2,1H3;2-4,7-10,14-15H,5-6,11H2,1H3. The van der Waals surface area contributed by atoms with E-state index in [1.807, 2.05) is 131 Å². The molecule has 1 aromatic carbocycles. The van der Waals surface area contributed by atoms with E-state index in [4.69, 9.17) is 34.9 Å². The molecular weight excluding hydrogens is 1300 g/mol. The SMILES string of the molecule is Cc1cccc(-c2nc3n(c2-c2ccc(=O)n(C)c2)C2CCC3C2)n1.Cc1cccc(-c2nc3n(c2-c2ccnc(-c4ccc(C(=O)O)cc4)c2)C2CCC3C2)n1.Cc1cccc(-c2nc3n(c2-c2ccnc(F)c2)C2CCC3C2)n1.Cc1cccc(-c2nc3n(c2-c2ccncc2)C2CCC3C2)n1. The van der Waals surface area contributed by atoms with E-state index < -0.39 is 11.9 Å². The van der Waals surface area contributed by atoms with Gasteiger partial charge in [-0.2, -0.15) is 4.39 Å². The predicted octanol–water partition coefficient (Wildman–Crippen LogP) is 17.4. The number of imidazole rings is 4. The van der Waals surface area contributed by atoms with Gasteiger partial charge in [0.2, 0.25) is 11.5 Å². The number of halogens is 1. The lowest BCUT2D eigenvalue weighted by Crippen LogP contribution is -2.15. The van der Waals surface area contributed by atoms with Gasteiger partial charge < -0.3 is 27.9 Å². The third kappa shape index (κ3) is 11.4. The van der Waals surface area contributed by atoms with Crippen LogP contribution in [0.3, 0.4) is 0 Å². The Bertz CT molecular complexity index is 5600. The van der Waals surface area contributed by atoms with Crippen LogP contribution in [0.15, 0.2) is 181 Å². The van der Waals surface area contributed by atoms with E-state index >= 15 is 0 Å². The number of benzene rings is 1. The molecule has 19 nitrogen and oxygen atoms in total. The highest BCUT2D eigenvalue weighted by Crippen LogP contribution is 2.57. The molecule has 0 saturated heterocycles. The van der Waals surface area contributed by atoms with E-state index in [-0.39, 0.29) is 11.1 Å². The Balaban J connectivity index is 0.0000000996. The van der Waals surface area contributed by atoms with Crippen LogP contribution >= 0.6 is 0 Å². The Kier molecular flexibility index (Phi) is 16.2. The van der Waals surface area contributed by atoms with Crippen LogP contribution in [0, 0.1) is 33.6 Å². The molecule has 20 heteroatoms. The molecule has 0 radical (unpaired) electrons. The first-order chi connectivity index (χ1) is 50.7. The molecule has 1 N–H and O–H groups in total.